The minimum atomic E-state index is 0.396. The number of imidazole rings is 1. The van der Waals surface area contributed by atoms with Crippen LogP contribution >= 0.6 is 23.4 Å². The maximum absolute atomic E-state index is 6.15. The number of hydrogen-bond acceptors (Lipinski definition) is 7. The summed E-state index contributed by atoms with van der Waals surface area (Å²) in [5, 5.41) is 6.11. The first-order chi connectivity index (χ1) is 10.2. The standard InChI is InChI=1S/C11H7ClN8S/c1-5-7(12)19-11-17-4-18-20(11)10(5)21-9-6-8(14-2-13-6)15-3-16-9/h2-4H,1H3,(H,13,14,15,16). The summed E-state index contributed by atoms with van der Waals surface area (Å²) in [6.45, 7) is 1.88. The molecule has 0 atom stereocenters. The van der Waals surface area contributed by atoms with E-state index in [2.05, 4.69) is 35.0 Å². The second kappa shape index (κ2) is 4.64. The van der Waals surface area contributed by atoms with Crippen LogP contribution in [0.5, 0.6) is 0 Å². The van der Waals surface area contributed by atoms with Gasteiger partial charge >= 0.3 is 0 Å². The monoisotopic (exact) mass is 318 g/mol. The second-order valence-electron chi connectivity index (χ2n) is 4.19. The highest BCUT2D eigenvalue weighted by Gasteiger charge is 2.16. The van der Waals surface area contributed by atoms with Crippen molar-refractivity contribution in [3.63, 3.8) is 0 Å². The Hall–Kier alpha value is -2.26. The van der Waals surface area contributed by atoms with Gasteiger partial charge < -0.3 is 4.98 Å². The number of nitrogens with one attached hydrogen (secondary N) is 1. The van der Waals surface area contributed by atoms with Gasteiger partial charge in [0.05, 0.1) is 6.33 Å². The van der Waals surface area contributed by atoms with Crippen LogP contribution in [0.4, 0.5) is 0 Å². The van der Waals surface area contributed by atoms with Crippen LogP contribution in [0, 0.1) is 6.92 Å². The molecule has 0 radical (unpaired) electrons. The summed E-state index contributed by atoms with van der Waals surface area (Å²) in [5.41, 5.74) is 2.19. The zero-order valence-corrected chi connectivity index (χ0v) is 12.2. The molecule has 0 aliphatic carbocycles. The number of nitrogens with zero attached hydrogens (tertiary/aromatic N) is 7. The third kappa shape index (κ3) is 1.93. The summed E-state index contributed by atoms with van der Waals surface area (Å²) in [5.74, 6) is 0.447. The molecular weight excluding hydrogens is 312 g/mol. The first-order valence-electron chi connectivity index (χ1n) is 5.92. The minimum Gasteiger partial charge on any atom is -0.341 e. The van der Waals surface area contributed by atoms with E-state index in [1.165, 1.54) is 24.4 Å². The molecule has 10 heteroatoms. The molecule has 0 fully saturated rings. The van der Waals surface area contributed by atoms with Gasteiger partial charge in [0.15, 0.2) is 5.65 Å². The van der Waals surface area contributed by atoms with Crippen LogP contribution in [0.25, 0.3) is 16.9 Å². The maximum atomic E-state index is 6.15. The number of halogens is 1. The fourth-order valence-corrected chi connectivity index (χ4v) is 3.13. The second-order valence-corrected chi connectivity index (χ2v) is 5.52. The van der Waals surface area contributed by atoms with E-state index < -0.39 is 0 Å². The van der Waals surface area contributed by atoms with E-state index in [1.807, 2.05) is 6.92 Å². The van der Waals surface area contributed by atoms with E-state index in [9.17, 15) is 0 Å². The summed E-state index contributed by atoms with van der Waals surface area (Å²) in [4.78, 5) is 23.8. The van der Waals surface area contributed by atoms with Crippen molar-refractivity contribution >= 4 is 40.3 Å². The number of fused-ring (bicyclic) bond motifs is 2. The van der Waals surface area contributed by atoms with Gasteiger partial charge in [-0.1, -0.05) is 11.6 Å². The molecule has 0 aliphatic heterocycles. The number of hydrogen-bond donors (Lipinski definition) is 1. The molecule has 0 unspecified atom stereocenters. The minimum absolute atomic E-state index is 0.396. The largest absolute Gasteiger partial charge is 0.341 e. The zero-order chi connectivity index (χ0) is 14.4. The topological polar surface area (TPSA) is 97.5 Å². The first kappa shape index (κ1) is 12.5. The van der Waals surface area contributed by atoms with E-state index >= 15 is 0 Å². The average Bonchev–Trinajstić information content (AvgIpc) is 3.12. The van der Waals surface area contributed by atoms with Crippen molar-refractivity contribution in [1.29, 1.82) is 0 Å². The summed E-state index contributed by atoms with van der Waals surface area (Å²) < 4.78 is 1.64. The molecule has 4 rings (SSSR count). The fraction of sp³-hybridized carbons (Fsp3) is 0.0909. The lowest BCUT2D eigenvalue weighted by Crippen LogP contribution is -2.00. The van der Waals surface area contributed by atoms with Gasteiger partial charge in [-0.25, -0.2) is 15.0 Å². The molecular formula is C11H7ClN8S. The first-order valence-corrected chi connectivity index (χ1v) is 7.11. The Bertz CT molecular complexity index is 961. The predicted molar refractivity (Wildman–Crippen MR) is 76.3 cm³/mol. The molecule has 4 aromatic rings. The Balaban J connectivity index is 1.93. The van der Waals surface area contributed by atoms with E-state index in [0.29, 0.717) is 16.6 Å². The molecule has 8 nitrogen and oxygen atoms in total. The van der Waals surface area contributed by atoms with Crippen molar-refractivity contribution in [1.82, 2.24) is 39.5 Å². The Morgan fingerprint density at radius 2 is 2.10 bits per heavy atom. The third-order valence-corrected chi connectivity index (χ3v) is 4.48. The molecule has 1 N–H and O–H groups in total. The lowest BCUT2D eigenvalue weighted by atomic mass is 10.4. The van der Waals surface area contributed by atoms with Gasteiger partial charge in [-0.3, -0.25) is 0 Å². The van der Waals surface area contributed by atoms with Crippen molar-refractivity contribution in [3.8, 4) is 0 Å². The molecule has 0 aromatic carbocycles. The average molecular weight is 319 g/mol. The highest BCUT2D eigenvalue weighted by Crippen LogP contribution is 2.33. The molecule has 21 heavy (non-hydrogen) atoms. The summed E-state index contributed by atoms with van der Waals surface area (Å²) in [6, 6.07) is 0. The fourth-order valence-electron chi connectivity index (χ4n) is 1.91. The Labute approximate surface area is 127 Å². The summed E-state index contributed by atoms with van der Waals surface area (Å²) in [7, 11) is 0. The van der Waals surface area contributed by atoms with Gasteiger partial charge in [-0.2, -0.15) is 19.6 Å². The molecule has 104 valence electrons. The van der Waals surface area contributed by atoms with E-state index in [-0.39, 0.29) is 0 Å². The van der Waals surface area contributed by atoms with Crippen LogP contribution in [-0.2, 0) is 0 Å². The van der Waals surface area contributed by atoms with Crippen LogP contribution in [0.3, 0.4) is 0 Å². The molecule has 4 heterocycles. The van der Waals surface area contributed by atoms with Gasteiger partial charge in [0.25, 0.3) is 5.78 Å². The Morgan fingerprint density at radius 3 is 3.00 bits per heavy atom. The van der Waals surface area contributed by atoms with Crippen molar-refractivity contribution in [2.45, 2.75) is 17.0 Å². The van der Waals surface area contributed by atoms with Crippen molar-refractivity contribution in [3.05, 3.63) is 29.7 Å². The molecule has 0 aliphatic rings. The number of H-pyrrole nitrogens is 1. The molecule has 0 saturated heterocycles. The van der Waals surface area contributed by atoms with Crippen molar-refractivity contribution < 1.29 is 0 Å². The van der Waals surface area contributed by atoms with Crippen LogP contribution in [0.2, 0.25) is 5.15 Å². The SMILES string of the molecule is Cc1c(Cl)nc2ncnn2c1Sc1ncnc2nc[nH]c12. The third-order valence-electron chi connectivity index (χ3n) is 2.93. The van der Waals surface area contributed by atoms with E-state index in [0.717, 1.165) is 21.1 Å². The molecule has 0 amide bonds. The summed E-state index contributed by atoms with van der Waals surface area (Å²) >= 11 is 7.56. The Kier molecular flexibility index (Phi) is 2.76. The predicted octanol–water partition coefficient (Wildman–Crippen LogP) is 1.90. The van der Waals surface area contributed by atoms with Crippen LogP contribution in [-0.4, -0.2) is 39.5 Å². The molecule has 4 aromatic heterocycles. The smallest absolute Gasteiger partial charge is 0.254 e. The van der Waals surface area contributed by atoms with E-state index in [4.69, 9.17) is 11.6 Å². The van der Waals surface area contributed by atoms with Crippen LogP contribution in [0.15, 0.2) is 29.0 Å². The molecule has 0 saturated carbocycles. The van der Waals surface area contributed by atoms with E-state index in [1.54, 1.807) is 10.8 Å². The normalized spacial score (nSPS) is 11.5. The zero-order valence-electron chi connectivity index (χ0n) is 10.6. The quantitative estimate of drug-likeness (QED) is 0.564. The van der Waals surface area contributed by atoms with Gasteiger partial charge in [-0.05, 0) is 18.7 Å². The number of aromatic amines is 1. The number of aromatic nitrogens is 8. The molecule has 0 spiro atoms. The summed E-state index contributed by atoms with van der Waals surface area (Å²) in [6.07, 6.45) is 4.50. The van der Waals surface area contributed by atoms with Crippen LogP contribution in [0.1, 0.15) is 5.56 Å². The maximum Gasteiger partial charge on any atom is 0.254 e. The van der Waals surface area contributed by atoms with Crippen molar-refractivity contribution in [2.24, 2.45) is 0 Å². The van der Waals surface area contributed by atoms with Gasteiger partial charge in [0.2, 0.25) is 0 Å². The van der Waals surface area contributed by atoms with Gasteiger partial charge in [-0.15, -0.1) is 0 Å². The Morgan fingerprint density at radius 1 is 1.19 bits per heavy atom. The number of rotatable bonds is 2. The highest BCUT2D eigenvalue weighted by molar-refractivity contribution is 7.99. The van der Waals surface area contributed by atoms with Gasteiger partial charge in [0.1, 0.15) is 33.4 Å². The molecule has 0 bridgehead atoms. The lowest BCUT2D eigenvalue weighted by molar-refractivity contribution is 0.824. The lowest BCUT2D eigenvalue weighted by Gasteiger charge is -2.08. The highest BCUT2D eigenvalue weighted by atomic mass is 35.5. The van der Waals surface area contributed by atoms with Crippen molar-refractivity contribution in [2.75, 3.05) is 0 Å². The van der Waals surface area contributed by atoms with Crippen LogP contribution < -0.4 is 0 Å². The van der Waals surface area contributed by atoms with Gasteiger partial charge in [0, 0.05) is 5.56 Å².